The molecule has 0 fully saturated rings. The molecule has 1 aromatic rings. The van der Waals surface area contributed by atoms with Gasteiger partial charge in [-0.2, -0.15) is 0 Å². The van der Waals surface area contributed by atoms with Gasteiger partial charge in [-0.1, -0.05) is 18.5 Å². The summed E-state index contributed by atoms with van der Waals surface area (Å²) in [5.74, 6) is -1.62. The van der Waals surface area contributed by atoms with Gasteiger partial charge in [0.1, 0.15) is 5.82 Å². The van der Waals surface area contributed by atoms with Gasteiger partial charge < -0.3 is 4.90 Å². The van der Waals surface area contributed by atoms with Gasteiger partial charge in [-0.3, -0.25) is 9.59 Å². The van der Waals surface area contributed by atoms with Gasteiger partial charge in [0.05, 0.1) is 16.3 Å². The molecule has 18 heavy (non-hydrogen) atoms. The molecule has 1 amide bonds. The summed E-state index contributed by atoms with van der Waals surface area (Å²) >= 11 is 11.3. The lowest BCUT2D eigenvalue weighted by Gasteiger charge is -2.19. The molecule has 0 saturated carbocycles. The summed E-state index contributed by atoms with van der Waals surface area (Å²) in [6, 6.07) is 2.30. The number of nitrogens with zero attached hydrogens (tertiary/aromatic N) is 1. The molecule has 1 aromatic carbocycles. The fourth-order valence-electron chi connectivity index (χ4n) is 1.83. The number of hydrogen-bond acceptors (Lipinski definition) is 2. The Morgan fingerprint density at radius 1 is 1.39 bits per heavy atom. The van der Waals surface area contributed by atoms with Crippen molar-refractivity contribution in [1.82, 2.24) is 0 Å². The minimum Gasteiger partial charge on any atom is -0.304 e. The van der Waals surface area contributed by atoms with E-state index in [4.69, 9.17) is 23.2 Å². The SMILES string of the molecule is CC(CCl)CN1C(=O)C(=O)c2cc(Cl)c(F)cc21. The number of halogens is 3. The molecule has 0 spiro atoms. The molecule has 3 nitrogen and oxygen atoms in total. The molecular formula is C12H10Cl2FNO2. The van der Waals surface area contributed by atoms with Crippen LogP contribution in [0.25, 0.3) is 0 Å². The Kier molecular flexibility index (Phi) is 3.59. The highest BCUT2D eigenvalue weighted by molar-refractivity contribution is 6.52. The van der Waals surface area contributed by atoms with E-state index >= 15 is 0 Å². The Morgan fingerprint density at radius 2 is 2.06 bits per heavy atom. The van der Waals surface area contributed by atoms with Crippen molar-refractivity contribution < 1.29 is 14.0 Å². The predicted octanol–water partition coefficient (Wildman–Crippen LogP) is 2.88. The highest BCUT2D eigenvalue weighted by atomic mass is 35.5. The van der Waals surface area contributed by atoms with Crippen LogP contribution in [-0.4, -0.2) is 24.1 Å². The molecule has 6 heteroatoms. The van der Waals surface area contributed by atoms with E-state index in [1.807, 2.05) is 6.92 Å². The molecule has 0 radical (unpaired) electrons. The van der Waals surface area contributed by atoms with Crippen LogP contribution in [0.2, 0.25) is 5.02 Å². The molecule has 1 aliphatic rings. The number of carbonyl (C=O) groups excluding carboxylic acids is 2. The maximum atomic E-state index is 13.4. The van der Waals surface area contributed by atoms with E-state index in [2.05, 4.69) is 0 Å². The number of Topliss-reactive ketones (excluding diaryl/α,β-unsaturated/α-hetero) is 1. The van der Waals surface area contributed by atoms with Crippen molar-refractivity contribution in [2.45, 2.75) is 6.92 Å². The number of fused-ring (bicyclic) bond motifs is 1. The van der Waals surface area contributed by atoms with Crippen LogP contribution in [0.15, 0.2) is 12.1 Å². The van der Waals surface area contributed by atoms with Gasteiger partial charge in [-0.15, -0.1) is 11.6 Å². The fourth-order valence-corrected chi connectivity index (χ4v) is 2.09. The number of hydrogen-bond donors (Lipinski definition) is 0. The zero-order valence-corrected chi connectivity index (χ0v) is 11.1. The fraction of sp³-hybridized carbons (Fsp3) is 0.333. The lowest BCUT2D eigenvalue weighted by atomic mass is 10.1. The van der Waals surface area contributed by atoms with Crippen molar-refractivity contribution in [2.75, 3.05) is 17.3 Å². The third kappa shape index (κ3) is 2.10. The number of anilines is 1. The second-order valence-corrected chi connectivity index (χ2v) is 5.00. The molecule has 0 saturated heterocycles. The molecule has 1 heterocycles. The first-order valence-corrected chi connectivity index (χ1v) is 6.28. The summed E-state index contributed by atoms with van der Waals surface area (Å²) in [4.78, 5) is 24.8. The standard InChI is InChI=1S/C12H10Cl2FNO2/c1-6(4-13)5-16-10-3-9(15)8(14)2-7(10)11(17)12(16)18/h2-3,6H,4-5H2,1H3. The lowest BCUT2D eigenvalue weighted by Crippen LogP contribution is -2.34. The van der Waals surface area contributed by atoms with E-state index in [-0.39, 0.29) is 28.7 Å². The van der Waals surface area contributed by atoms with Crippen molar-refractivity contribution in [3.8, 4) is 0 Å². The summed E-state index contributed by atoms with van der Waals surface area (Å²) in [7, 11) is 0. The Balaban J connectivity index is 2.45. The Morgan fingerprint density at radius 3 is 2.67 bits per heavy atom. The number of ketones is 1. The predicted molar refractivity (Wildman–Crippen MR) is 68.0 cm³/mol. The normalized spacial score (nSPS) is 16.1. The van der Waals surface area contributed by atoms with Crippen molar-refractivity contribution >= 4 is 40.6 Å². The van der Waals surface area contributed by atoms with Gasteiger partial charge in [0.2, 0.25) is 0 Å². The molecule has 1 aliphatic heterocycles. The van der Waals surface area contributed by atoms with Crippen molar-refractivity contribution in [3.63, 3.8) is 0 Å². The van der Waals surface area contributed by atoms with E-state index < -0.39 is 17.5 Å². The lowest BCUT2D eigenvalue weighted by molar-refractivity contribution is -0.114. The second-order valence-electron chi connectivity index (χ2n) is 4.29. The van der Waals surface area contributed by atoms with E-state index in [1.165, 1.54) is 11.0 Å². The van der Waals surface area contributed by atoms with E-state index in [1.54, 1.807) is 0 Å². The molecule has 0 bridgehead atoms. The maximum Gasteiger partial charge on any atom is 0.299 e. The average molecular weight is 290 g/mol. The molecular weight excluding hydrogens is 280 g/mol. The van der Waals surface area contributed by atoms with E-state index in [0.29, 0.717) is 5.88 Å². The van der Waals surface area contributed by atoms with Gasteiger partial charge >= 0.3 is 0 Å². The van der Waals surface area contributed by atoms with Crippen LogP contribution >= 0.6 is 23.2 Å². The van der Waals surface area contributed by atoms with Gasteiger partial charge in [-0.25, -0.2) is 4.39 Å². The number of amides is 1. The summed E-state index contributed by atoms with van der Waals surface area (Å²) in [6.45, 7) is 2.12. The van der Waals surface area contributed by atoms with Crippen LogP contribution in [0.5, 0.6) is 0 Å². The van der Waals surface area contributed by atoms with Gasteiger partial charge in [0.15, 0.2) is 0 Å². The van der Waals surface area contributed by atoms with Crippen LogP contribution in [0.3, 0.4) is 0 Å². The van der Waals surface area contributed by atoms with E-state index in [0.717, 1.165) is 6.07 Å². The Hall–Kier alpha value is -1.13. The highest BCUT2D eigenvalue weighted by Gasteiger charge is 2.37. The number of rotatable bonds is 3. The molecule has 1 atom stereocenters. The van der Waals surface area contributed by atoms with Crippen LogP contribution in [0.4, 0.5) is 10.1 Å². The molecule has 0 N–H and O–H groups in total. The first kappa shape index (κ1) is 13.3. The van der Waals surface area contributed by atoms with Crippen molar-refractivity contribution in [1.29, 1.82) is 0 Å². The molecule has 1 unspecified atom stereocenters. The third-order valence-electron chi connectivity index (χ3n) is 2.77. The van der Waals surface area contributed by atoms with E-state index in [9.17, 15) is 14.0 Å². The quantitative estimate of drug-likeness (QED) is 0.634. The topological polar surface area (TPSA) is 37.4 Å². The molecule has 0 aromatic heterocycles. The minimum atomic E-state index is -0.663. The first-order chi connectivity index (χ1) is 8.45. The van der Waals surface area contributed by atoms with Crippen LogP contribution in [0.1, 0.15) is 17.3 Å². The first-order valence-electron chi connectivity index (χ1n) is 5.37. The molecule has 0 aliphatic carbocycles. The van der Waals surface area contributed by atoms with Crippen molar-refractivity contribution in [2.24, 2.45) is 5.92 Å². The summed E-state index contributed by atoms with van der Waals surface area (Å²) in [6.07, 6.45) is 0. The van der Waals surface area contributed by atoms with Crippen LogP contribution in [-0.2, 0) is 4.79 Å². The Bertz CT molecular complexity index is 533. The maximum absolute atomic E-state index is 13.4. The third-order valence-corrected chi connectivity index (χ3v) is 3.59. The summed E-state index contributed by atoms with van der Waals surface area (Å²) in [5, 5.41) is -0.165. The largest absolute Gasteiger partial charge is 0.304 e. The van der Waals surface area contributed by atoms with Crippen molar-refractivity contribution in [3.05, 3.63) is 28.5 Å². The molecule has 2 rings (SSSR count). The number of alkyl halides is 1. The monoisotopic (exact) mass is 289 g/mol. The number of benzene rings is 1. The zero-order chi connectivity index (χ0) is 13.4. The highest BCUT2D eigenvalue weighted by Crippen LogP contribution is 2.33. The van der Waals surface area contributed by atoms with Gasteiger partial charge in [0.25, 0.3) is 11.7 Å². The smallest absolute Gasteiger partial charge is 0.299 e. The summed E-state index contributed by atoms with van der Waals surface area (Å²) in [5.41, 5.74) is 0.414. The number of carbonyl (C=O) groups is 2. The Labute approximate surface area is 113 Å². The zero-order valence-electron chi connectivity index (χ0n) is 9.54. The van der Waals surface area contributed by atoms with Crippen LogP contribution < -0.4 is 4.90 Å². The molecule has 96 valence electrons. The van der Waals surface area contributed by atoms with Gasteiger partial charge in [-0.05, 0) is 18.1 Å². The second kappa shape index (κ2) is 4.86. The minimum absolute atomic E-state index is 0.00751. The summed E-state index contributed by atoms with van der Waals surface area (Å²) < 4.78 is 13.4. The van der Waals surface area contributed by atoms with Gasteiger partial charge in [0, 0.05) is 12.4 Å². The average Bonchev–Trinajstić information content (AvgIpc) is 2.56. The van der Waals surface area contributed by atoms with Crippen LogP contribution in [0, 0.1) is 11.7 Å².